The Hall–Kier alpha value is -3.08. The molecule has 1 unspecified atom stereocenters. The van der Waals surface area contributed by atoms with Gasteiger partial charge in [0.25, 0.3) is 0 Å². The van der Waals surface area contributed by atoms with E-state index in [-0.39, 0.29) is 56.2 Å². The van der Waals surface area contributed by atoms with Crippen LogP contribution in [0.1, 0.15) is 148 Å². The van der Waals surface area contributed by atoms with Gasteiger partial charge in [0.15, 0.2) is 0 Å². The molecule has 0 fully saturated rings. The molecule has 1 rings (SSSR count). The molecule has 0 aromatic heterocycles. The van der Waals surface area contributed by atoms with Gasteiger partial charge in [-0.1, -0.05) is 125 Å². The van der Waals surface area contributed by atoms with E-state index in [1.54, 1.807) is 26.0 Å². The number of carbonyl (C=O) groups is 2. The van der Waals surface area contributed by atoms with Crippen LogP contribution in [0.3, 0.4) is 0 Å². The summed E-state index contributed by atoms with van der Waals surface area (Å²) in [6.45, 7) is 23.3. The van der Waals surface area contributed by atoms with Gasteiger partial charge in [-0.05, 0) is 92.4 Å². The topological polar surface area (TPSA) is 154 Å². The molecule has 1 aliphatic heterocycles. The normalized spacial score (nSPS) is 24.2. The predicted molar refractivity (Wildman–Crippen MR) is 235 cm³/mol. The van der Waals surface area contributed by atoms with Crippen LogP contribution >= 0.6 is 0 Å². The van der Waals surface area contributed by atoms with Gasteiger partial charge in [-0.3, -0.25) is 4.79 Å². The van der Waals surface area contributed by atoms with Gasteiger partial charge in [-0.15, -0.1) is 0 Å². The second kappa shape index (κ2) is 30.9. The van der Waals surface area contributed by atoms with Crippen LogP contribution in [-0.2, 0) is 19.1 Å². The lowest BCUT2D eigenvalue weighted by atomic mass is 9.89. The van der Waals surface area contributed by atoms with Crippen molar-refractivity contribution >= 4 is 11.9 Å². The molecule has 0 aliphatic carbocycles. The average Bonchev–Trinajstić information content (AvgIpc) is 3.07. The van der Waals surface area contributed by atoms with Crippen molar-refractivity contribution in [2.75, 3.05) is 0 Å². The quantitative estimate of drug-likeness (QED) is 0.0419. The number of hydrogen-bond donors (Lipinski definition) is 5. The third-order valence-corrected chi connectivity index (χ3v) is 9.48. The highest BCUT2D eigenvalue weighted by Gasteiger charge is 2.26. The Kier molecular flexibility index (Phi) is 30.4. The van der Waals surface area contributed by atoms with Crippen LogP contribution in [0.4, 0.5) is 0 Å². The Labute approximate surface area is 347 Å². The van der Waals surface area contributed by atoms with Crippen LogP contribution in [0.5, 0.6) is 0 Å². The van der Waals surface area contributed by atoms with Gasteiger partial charge in [0.05, 0.1) is 30.5 Å². The van der Waals surface area contributed by atoms with Crippen molar-refractivity contribution in [3.8, 4) is 0 Å². The van der Waals surface area contributed by atoms with Gasteiger partial charge >= 0.3 is 11.9 Å². The maximum absolute atomic E-state index is 12.9. The first-order valence-electron chi connectivity index (χ1n) is 20.7. The van der Waals surface area contributed by atoms with E-state index in [1.807, 2.05) is 65.0 Å². The Morgan fingerprint density at radius 3 is 2.09 bits per heavy atom. The van der Waals surface area contributed by atoms with Crippen molar-refractivity contribution in [1.29, 1.82) is 0 Å². The molecule has 0 saturated carbocycles. The van der Waals surface area contributed by atoms with E-state index in [0.717, 1.165) is 40.7 Å². The molecule has 9 heteroatoms. The smallest absolute Gasteiger partial charge is 0.331 e. The molecule has 0 spiro atoms. The molecule has 0 radical (unpaired) electrons. The van der Waals surface area contributed by atoms with E-state index in [1.165, 1.54) is 12.5 Å². The SMILES string of the molecule is C.CC(=C\C=C\C(C)=C\[C@H](O)[C@@H](O)C[C@H](C)O)/C=C(C)/C=C/C(=O)OC1CCCC(=O)O[C@@H]([C@@H](C)C/C(C)=C/[C@@H](C)[C@H](O)C[C@@H](C)O)C/C=C(\C)C[C@@H]1C.CCC. The molecule has 9 nitrogen and oxygen atoms in total. The summed E-state index contributed by atoms with van der Waals surface area (Å²) in [6.07, 6.45) is 16.8. The van der Waals surface area contributed by atoms with Crippen molar-refractivity contribution in [2.24, 2.45) is 17.8 Å². The van der Waals surface area contributed by atoms with Gasteiger partial charge in [0.2, 0.25) is 0 Å². The lowest BCUT2D eigenvalue weighted by molar-refractivity contribution is -0.152. The molecular weight excluding hydrogens is 721 g/mol. The maximum atomic E-state index is 12.9. The third kappa shape index (κ3) is 27.3. The molecule has 0 aromatic carbocycles. The van der Waals surface area contributed by atoms with Gasteiger partial charge in [-0.2, -0.15) is 0 Å². The van der Waals surface area contributed by atoms with E-state index < -0.39 is 36.5 Å². The summed E-state index contributed by atoms with van der Waals surface area (Å²) < 4.78 is 11.9. The first kappa shape index (κ1) is 56.0. The minimum absolute atomic E-state index is 0. The summed E-state index contributed by atoms with van der Waals surface area (Å²) >= 11 is 0. The Morgan fingerprint density at radius 1 is 0.895 bits per heavy atom. The largest absolute Gasteiger partial charge is 0.462 e. The molecule has 0 amide bonds. The van der Waals surface area contributed by atoms with Crippen molar-refractivity contribution in [3.63, 3.8) is 0 Å². The highest BCUT2D eigenvalue weighted by molar-refractivity contribution is 5.82. The minimum atomic E-state index is -1.07. The number of cyclic esters (lactones) is 1. The number of esters is 2. The van der Waals surface area contributed by atoms with Crippen LogP contribution in [-0.4, -0.2) is 80.2 Å². The van der Waals surface area contributed by atoms with E-state index in [0.29, 0.717) is 25.7 Å². The zero-order chi connectivity index (χ0) is 43.0. The lowest BCUT2D eigenvalue weighted by Crippen LogP contribution is -2.28. The van der Waals surface area contributed by atoms with E-state index in [4.69, 9.17) is 9.47 Å². The zero-order valence-electron chi connectivity index (χ0n) is 36.7. The van der Waals surface area contributed by atoms with Gasteiger partial charge in [0.1, 0.15) is 12.2 Å². The fraction of sp³-hybridized carbons (Fsp3) is 0.667. The van der Waals surface area contributed by atoms with Gasteiger partial charge < -0.3 is 35.0 Å². The Bertz CT molecular complexity index is 1360. The van der Waals surface area contributed by atoms with Crippen LogP contribution in [0.2, 0.25) is 0 Å². The monoisotopic (exact) mass is 803 g/mol. The number of hydrogen-bond acceptors (Lipinski definition) is 9. The van der Waals surface area contributed by atoms with Crippen molar-refractivity contribution in [3.05, 3.63) is 82.5 Å². The molecule has 57 heavy (non-hydrogen) atoms. The van der Waals surface area contributed by atoms with Crippen molar-refractivity contribution < 1.29 is 44.6 Å². The van der Waals surface area contributed by atoms with Crippen LogP contribution < -0.4 is 0 Å². The minimum Gasteiger partial charge on any atom is -0.462 e. The second-order valence-corrected chi connectivity index (χ2v) is 16.3. The first-order valence-corrected chi connectivity index (χ1v) is 20.7. The summed E-state index contributed by atoms with van der Waals surface area (Å²) in [5, 5.41) is 49.4. The molecule has 0 saturated heterocycles. The summed E-state index contributed by atoms with van der Waals surface area (Å²) in [4.78, 5) is 25.9. The van der Waals surface area contributed by atoms with Gasteiger partial charge in [-0.25, -0.2) is 4.79 Å². The highest BCUT2D eigenvalue weighted by Crippen LogP contribution is 2.27. The van der Waals surface area contributed by atoms with E-state index in [9.17, 15) is 35.1 Å². The first-order chi connectivity index (χ1) is 26.2. The molecule has 10 atom stereocenters. The van der Waals surface area contributed by atoms with Crippen LogP contribution in [0.25, 0.3) is 0 Å². The van der Waals surface area contributed by atoms with Gasteiger partial charge in [0, 0.05) is 31.3 Å². The number of carbonyl (C=O) groups excluding carboxylic acids is 2. The van der Waals surface area contributed by atoms with Crippen molar-refractivity contribution in [2.45, 2.75) is 191 Å². The number of aliphatic hydroxyl groups excluding tert-OH is 5. The molecular formula is C48H82O9. The standard InChI is InChI=1S/C44H70O9.C3H8.CH4/c1-28(13-11-14-29(2)25-39(48)40(49)27-37(10)46)21-30(3)18-20-44(51)52-41-15-12-16-43(50)53-42(19-17-31(4)22-34(41)7)35(8)24-32(5)23-33(6)38(47)26-36(9)45;1-3-2;/h11,13-14,17-18,20-21,23,25,33-42,45-49H,12,15-16,19,22,24,26-27H2,1-10H3;3H2,1-2H3;1H4/b14-11+,20-18+,28-13+,29-25+,30-21+,31-17+,32-23+;;/t33-,34+,35+,36-,37+,38-,39+,40+,41?,42-;;/m1../s1. The highest BCUT2D eigenvalue weighted by atomic mass is 16.5. The molecule has 1 heterocycles. The third-order valence-electron chi connectivity index (χ3n) is 9.48. The number of allylic oxidation sites excluding steroid dienone is 10. The zero-order valence-corrected chi connectivity index (χ0v) is 36.7. The fourth-order valence-corrected chi connectivity index (χ4v) is 6.52. The number of ether oxygens (including phenoxy) is 2. The molecule has 5 N–H and O–H groups in total. The summed E-state index contributed by atoms with van der Waals surface area (Å²) in [5.74, 6) is -0.659. The number of rotatable bonds is 17. The summed E-state index contributed by atoms with van der Waals surface area (Å²) in [6, 6.07) is 0. The maximum Gasteiger partial charge on any atom is 0.331 e. The molecule has 0 aromatic rings. The fourth-order valence-electron chi connectivity index (χ4n) is 6.52. The average molecular weight is 803 g/mol. The molecule has 0 bridgehead atoms. The Morgan fingerprint density at radius 2 is 1.49 bits per heavy atom. The number of aliphatic hydroxyl groups is 5. The Balaban J connectivity index is 0. The van der Waals surface area contributed by atoms with E-state index >= 15 is 0 Å². The molecule has 1 aliphatic rings. The summed E-state index contributed by atoms with van der Waals surface area (Å²) in [7, 11) is 0. The van der Waals surface area contributed by atoms with Crippen molar-refractivity contribution in [1.82, 2.24) is 0 Å². The van der Waals surface area contributed by atoms with E-state index in [2.05, 4.69) is 40.7 Å². The molecule has 328 valence electrons. The summed E-state index contributed by atoms with van der Waals surface area (Å²) in [5.41, 5.74) is 4.84. The van der Waals surface area contributed by atoms with Crippen LogP contribution in [0.15, 0.2) is 82.5 Å². The van der Waals surface area contributed by atoms with Crippen LogP contribution in [0, 0.1) is 17.8 Å². The lowest BCUT2D eigenvalue weighted by Gasteiger charge is -2.27. The predicted octanol–water partition coefficient (Wildman–Crippen LogP) is 9.59. The second-order valence-electron chi connectivity index (χ2n) is 16.3.